The maximum absolute atomic E-state index is 12.3. The first kappa shape index (κ1) is 15.0. The number of aryl methyl sites for hydroxylation is 1. The van der Waals surface area contributed by atoms with Crippen molar-refractivity contribution in [2.75, 3.05) is 13.1 Å². The molecule has 1 heterocycles. The van der Waals surface area contributed by atoms with Crippen LogP contribution in [0.5, 0.6) is 0 Å². The number of halogens is 3. The highest BCUT2D eigenvalue weighted by Gasteiger charge is 2.33. The van der Waals surface area contributed by atoms with E-state index in [1.807, 2.05) is 0 Å². The molecule has 0 saturated heterocycles. The largest absolute Gasteiger partial charge is 0.435 e. The summed E-state index contributed by atoms with van der Waals surface area (Å²) < 4.78 is 38.2. The average Bonchev–Trinajstić information content (AvgIpc) is 2.76. The molecule has 1 aromatic heterocycles. The molecule has 0 unspecified atom stereocenters. The second-order valence-electron chi connectivity index (χ2n) is 4.27. The van der Waals surface area contributed by atoms with E-state index in [1.54, 1.807) is 0 Å². The molecule has 0 atom stereocenters. The van der Waals surface area contributed by atoms with Crippen molar-refractivity contribution in [3.8, 4) is 0 Å². The zero-order valence-corrected chi connectivity index (χ0v) is 10.6. The van der Waals surface area contributed by atoms with Crippen molar-refractivity contribution in [3.63, 3.8) is 0 Å². The van der Waals surface area contributed by atoms with Gasteiger partial charge in [0, 0.05) is 12.7 Å². The van der Waals surface area contributed by atoms with Gasteiger partial charge in [0.25, 0.3) is 0 Å². The van der Waals surface area contributed by atoms with E-state index in [9.17, 15) is 13.2 Å². The van der Waals surface area contributed by atoms with Gasteiger partial charge in [-0.3, -0.25) is 4.68 Å². The highest BCUT2D eigenvalue weighted by molar-refractivity contribution is 5.03. The number of unbranched alkanes of at least 4 members (excludes halogenated alkanes) is 2. The van der Waals surface area contributed by atoms with Gasteiger partial charge in [0.05, 0.1) is 0 Å². The lowest BCUT2D eigenvalue weighted by atomic mass is 10.2. The molecular formula is C12H20F3N3. The van der Waals surface area contributed by atoms with Gasteiger partial charge in [0.1, 0.15) is 0 Å². The number of aromatic nitrogens is 2. The summed E-state index contributed by atoms with van der Waals surface area (Å²) in [5.41, 5.74) is -0.813. The third-order valence-electron chi connectivity index (χ3n) is 2.60. The lowest BCUT2D eigenvalue weighted by Gasteiger charge is -2.04. The Morgan fingerprint density at radius 2 is 2.00 bits per heavy atom. The second kappa shape index (κ2) is 7.41. The van der Waals surface area contributed by atoms with Gasteiger partial charge >= 0.3 is 6.18 Å². The third kappa shape index (κ3) is 5.53. The van der Waals surface area contributed by atoms with Gasteiger partial charge in [-0.15, -0.1) is 0 Å². The van der Waals surface area contributed by atoms with E-state index in [0.29, 0.717) is 6.54 Å². The average molecular weight is 263 g/mol. The summed E-state index contributed by atoms with van der Waals surface area (Å²) in [5, 5.41) is 6.79. The van der Waals surface area contributed by atoms with Crippen LogP contribution in [0.1, 0.15) is 38.3 Å². The van der Waals surface area contributed by atoms with E-state index in [-0.39, 0.29) is 0 Å². The fraction of sp³-hybridized carbons (Fsp3) is 0.750. The Morgan fingerprint density at radius 1 is 1.22 bits per heavy atom. The maximum Gasteiger partial charge on any atom is 0.435 e. The van der Waals surface area contributed by atoms with E-state index < -0.39 is 11.9 Å². The molecule has 104 valence electrons. The first-order valence-corrected chi connectivity index (χ1v) is 6.35. The van der Waals surface area contributed by atoms with E-state index in [0.717, 1.165) is 44.8 Å². The van der Waals surface area contributed by atoms with Crippen molar-refractivity contribution >= 4 is 0 Å². The molecule has 1 N–H and O–H groups in total. The first-order chi connectivity index (χ1) is 8.54. The molecule has 0 spiro atoms. The zero-order chi connectivity index (χ0) is 13.4. The van der Waals surface area contributed by atoms with Gasteiger partial charge < -0.3 is 5.32 Å². The Morgan fingerprint density at radius 3 is 2.61 bits per heavy atom. The van der Waals surface area contributed by atoms with Crippen LogP contribution in [0, 0.1) is 0 Å². The Labute approximate surface area is 105 Å². The molecular weight excluding hydrogens is 243 g/mol. The number of nitrogens with zero attached hydrogens (tertiary/aromatic N) is 2. The first-order valence-electron chi connectivity index (χ1n) is 6.35. The van der Waals surface area contributed by atoms with E-state index in [2.05, 4.69) is 17.3 Å². The molecule has 6 heteroatoms. The minimum atomic E-state index is -4.34. The third-order valence-corrected chi connectivity index (χ3v) is 2.60. The highest BCUT2D eigenvalue weighted by atomic mass is 19.4. The van der Waals surface area contributed by atoms with Gasteiger partial charge in [-0.25, -0.2) is 0 Å². The van der Waals surface area contributed by atoms with Crippen LogP contribution in [0.15, 0.2) is 12.3 Å². The summed E-state index contributed by atoms with van der Waals surface area (Å²) in [6.45, 7) is 4.65. The summed E-state index contributed by atoms with van der Waals surface area (Å²) in [5.74, 6) is 0. The van der Waals surface area contributed by atoms with Gasteiger partial charge in [0.2, 0.25) is 0 Å². The highest BCUT2D eigenvalue weighted by Crippen LogP contribution is 2.27. The van der Waals surface area contributed by atoms with Crippen LogP contribution in [-0.4, -0.2) is 22.9 Å². The Bertz CT molecular complexity index is 334. The van der Waals surface area contributed by atoms with Crippen molar-refractivity contribution in [2.45, 2.75) is 45.3 Å². The molecule has 0 radical (unpaired) electrons. The predicted octanol–water partition coefficient (Wildman–Crippen LogP) is 3.07. The Hall–Kier alpha value is -1.04. The number of hydrogen-bond donors (Lipinski definition) is 1. The summed E-state index contributed by atoms with van der Waals surface area (Å²) >= 11 is 0. The lowest BCUT2D eigenvalue weighted by Crippen LogP contribution is -2.15. The van der Waals surface area contributed by atoms with Crippen molar-refractivity contribution in [2.24, 2.45) is 0 Å². The van der Waals surface area contributed by atoms with Gasteiger partial charge in [0.15, 0.2) is 5.69 Å². The molecule has 1 rings (SSSR count). The second-order valence-corrected chi connectivity index (χ2v) is 4.27. The Kier molecular flexibility index (Phi) is 6.18. The monoisotopic (exact) mass is 263 g/mol. The van der Waals surface area contributed by atoms with Crippen LogP contribution in [0.2, 0.25) is 0 Å². The van der Waals surface area contributed by atoms with Gasteiger partial charge in [-0.1, -0.05) is 13.3 Å². The molecule has 3 nitrogen and oxygen atoms in total. The number of alkyl halides is 3. The molecule has 0 bridgehead atoms. The molecule has 0 aromatic carbocycles. The van der Waals surface area contributed by atoms with Crippen LogP contribution in [0.25, 0.3) is 0 Å². The van der Waals surface area contributed by atoms with Crippen LogP contribution in [0.3, 0.4) is 0 Å². The SMILES string of the molecule is CCCNCCCCCn1ccc(C(F)(F)F)n1. The van der Waals surface area contributed by atoms with Crippen molar-refractivity contribution < 1.29 is 13.2 Å². The molecule has 0 aliphatic rings. The van der Waals surface area contributed by atoms with E-state index >= 15 is 0 Å². The number of hydrogen-bond acceptors (Lipinski definition) is 2. The van der Waals surface area contributed by atoms with Crippen molar-refractivity contribution in [3.05, 3.63) is 18.0 Å². The number of nitrogens with one attached hydrogen (secondary N) is 1. The van der Waals surface area contributed by atoms with Crippen LogP contribution in [-0.2, 0) is 12.7 Å². The minimum Gasteiger partial charge on any atom is -0.317 e. The van der Waals surface area contributed by atoms with Crippen LogP contribution >= 0.6 is 0 Å². The standard InChI is InChI=1S/C12H20F3N3/c1-2-7-16-8-4-3-5-9-18-10-6-11(17-18)12(13,14)15/h6,10,16H,2-5,7-9H2,1H3. The molecule has 18 heavy (non-hydrogen) atoms. The predicted molar refractivity (Wildman–Crippen MR) is 64.2 cm³/mol. The normalized spacial score (nSPS) is 12.0. The molecule has 0 fully saturated rings. The summed E-state index contributed by atoms with van der Waals surface area (Å²) in [7, 11) is 0. The quantitative estimate of drug-likeness (QED) is 0.730. The molecule has 0 aliphatic carbocycles. The van der Waals surface area contributed by atoms with Gasteiger partial charge in [-0.05, 0) is 38.4 Å². The smallest absolute Gasteiger partial charge is 0.317 e. The lowest BCUT2D eigenvalue weighted by molar-refractivity contribution is -0.141. The minimum absolute atomic E-state index is 0.545. The van der Waals surface area contributed by atoms with Crippen LogP contribution in [0.4, 0.5) is 13.2 Å². The topological polar surface area (TPSA) is 29.9 Å². The summed E-state index contributed by atoms with van der Waals surface area (Å²) in [6.07, 6.45) is 1.07. The maximum atomic E-state index is 12.3. The Balaban J connectivity index is 2.14. The van der Waals surface area contributed by atoms with Crippen LogP contribution < -0.4 is 5.32 Å². The number of rotatable bonds is 8. The van der Waals surface area contributed by atoms with E-state index in [1.165, 1.54) is 10.9 Å². The molecule has 0 saturated carbocycles. The van der Waals surface area contributed by atoms with Crippen molar-refractivity contribution in [1.82, 2.24) is 15.1 Å². The fourth-order valence-corrected chi connectivity index (χ4v) is 1.64. The molecule has 0 aliphatic heterocycles. The summed E-state index contributed by atoms with van der Waals surface area (Å²) in [4.78, 5) is 0. The molecule has 1 aromatic rings. The summed E-state index contributed by atoms with van der Waals surface area (Å²) in [6, 6.07) is 1.02. The zero-order valence-electron chi connectivity index (χ0n) is 10.6. The van der Waals surface area contributed by atoms with Gasteiger partial charge in [-0.2, -0.15) is 18.3 Å². The fourth-order valence-electron chi connectivity index (χ4n) is 1.64. The molecule has 0 amide bonds. The van der Waals surface area contributed by atoms with E-state index in [4.69, 9.17) is 0 Å². The van der Waals surface area contributed by atoms with Crippen molar-refractivity contribution in [1.29, 1.82) is 0 Å².